The summed E-state index contributed by atoms with van der Waals surface area (Å²) in [7, 11) is 4.94. The molecule has 7 nitrogen and oxygen atoms in total. The van der Waals surface area contributed by atoms with Crippen molar-refractivity contribution < 1.29 is 14.2 Å². The van der Waals surface area contributed by atoms with Crippen LogP contribution < -0.4 is 25.3 Å². The molecule has 0 saturated carbocycles. The number of nitrogens with one attached hydrogen (secondary N) is 1. The highest BCUT2D eigenvalue weighted by Crippen LogP contribution is 2.47. The summed E-state index contributed by atoms with van der Waals surface area (Å²) in [5.41, 5.74) is 8.79. The number of aromatic nitrogens is 1. The first-order chi connectivity index (χ1) is 14.5. The number of fused-ring (bicyclic) bond motifs is 3. The van der Waals surface area contributed by atoms with Gasteiger partial charge in [-0.1, -0.05) is 12.1 Å². The van der Waals surface area contributed by atoms with Crippen molar-refractivity contribution in [2.45, 2.75) is 5.92 Å². The largest absolute Gasteiger partial charge is 0.493 e. The fraction of sp³-hybridized carbons (Fsp3) is 0.182. The number of nitrogens with zero attached hydrogens (tertiary/aromatic N) is 2. The molecule has 0 aliphatic carbocycles. The molecule has 0 radical (unpaired) electrons. The molecule has 1 aromatic heterocycles. The third kappa shape index (κ3) is 3.08. The van der Waals surface area contributed by atoms with Gasteiger partial charge >= 0.3 is 0 Å². The van der Waals surface area contributed by atoms with Gasteiger partial charge in [-0.25, -0.2) is 4.98 Å². The first-order valence-corrected chi connectivity index (χ1v) is 9.92. The zero-order valence-electron chi connectivity index (χ0n) is 16.6. The van der Waals surface area contributed by atoms with Crippen molar-refractivity contribution in [2.24, 2.45) is 5.73 Å². The Labute approximate surface area is 182 Å². The van der Waals surface area contributed by atoms with Crippen LogP contribution in [0.4, 0.5) is 5.82 Å². The number of rotatable bonds is 4. The van der Waals surface area contributed by atoms with Gasteiger partial charge in [0.25, 0.3) is 0 Å². The van der Waals surface area contributed by atoms with Gasteiger partial charge in [0.15, 0.2) is 17.2 Å². The first kappa shape index (κ1) is 19.9. The Kier molecular flexibility index (Phi) is 5.14. The topological polar surface area (TPSA) is 102 Å². The van der Waals surface area contributed by atoms with E-state index in [2.05, 4.69) is 32.3 Å². The lowest BCUT2D eigenvalue weighted by molar-refractivity contribution is 0.352. The van der Waals surface area contributed by atoms with Gasteiger partial charge in [0.05, 0.1) is 24.6 Å². The van der Waals surface area contributed by atoms with E-state index in [1.54, 1.807) is 21.3 Å². The molecule has 0 bridgehead atoms. The van der Waals surface area contributed by atoms with E-state index in [1.165, 1.54) is 0 Å². The van der Waals surface area contributed by atoms with Gasteiger partial charge in [-0.3, -0.25) is 0 Å². The van der Waals surface area contributed by atoms with E-state index in [1.807, 2.05) is 36.4 Å². The van der Waals surface area contributed by atoms with Crippen molar-refractivity contribution in [3.63, 3.8) is 0 Å². The maximum atomic E-state index is 9.85. The van der Waals surface area contributed by atoms with Crippen LogP contribution in [0.3, 0.4) is 0 Å². The van der Waals surface area contributed by atoms with Crippen molar-refractivity contribution >= 4 is 32.7 Å². The Balaban J connectivity index is 2.00. The molecule has 1 atom stereocenters. The standard InChI is InChI=1S/C22H19BrN4O3/c1-26-17-7-5-11-4-6-13-18(12-8-15(23)21(29-3)16(9-12)28-2)14(10-24)22(25)30-20(13)19(11)27-17/h4-9,18H,25H2,1-3H3,(H,26,27). The molecule has 152 valence electrons. The van der Waals surface area contributed by atoms with E-state index < -0.39 is 5.92 Å². The molecule has 0 fully saturated rings. The number of halogens is 1. The molecule has 0 spiro atoms. The highest BCUT2D eigenvalue weighted by molar-refractivity contribution is 9.10. The minimum Gasteiger partial charge on any atom is -0.493 e. The molecule has 0 saturated heterocycles. The smallest absolute Gasteiger partial charge is 0.205 e. The Hall–Kier alpha value is -3.44. The third-order valence-corrected chi connectivity index (χ3v) is 5.68. The van der Waals surface area contributed by atoms with Crippen LogP contribution in [0, 0.1) is 11.3 Å². The summed E-state index contributed by atoms with van der Waals surface area (Å²) >= 11 is 3.53. The minimum atomic E-state index is -0.445. The summed E-state index contributed by atoms with van der Waals surface area (Å²) < 4.78 is 17.5. The fourth-order valence-corrected chi connectivity index (χ4v) is 4.31. The first-order valence-electron chi connectivity index (χ1n) is 9.12. The molecular formula is C22H19BrN4O3. The summed E-state index contributed by atoms with van der Waals surface area (Å²) in [6, 6.07) is 13.7. The summed E-state index contributed by atoms with van der Waals surface area (Å²) in [5.74, 6) is 1.98. The number of pyridine rings is 1. The molecule has 1 aliphatic rings. The quantitative estimate of drug-likeness (QED) is 0.591. The number of methoxy groups -OCH3 is 2. The van der Waals surface area contributed by atoms with Crippen LogP contribution in [-0.4, -0.2) is 26.3 Å². The normalized spacial score (nSPS) is 15.2. The number of nitriles is 1. The fourth-order valence-electron chi connectivity index (χ4n) is 3.69. The Bertz CT molecular complexity index is 1230. The molecule has 1 unspecified atom stereocenters. The Morgan fingerprint density at radius 3 is 2.63 bits per heavy atom. The second-order valence-electron chi connectivity index (χ2n) is 6.67. The number of hydrogen-bond donors (Lipinski definition) is 2. The highest BCUT2D eigenvalue weighted by Gasteiger charge is 2.33. The van der Waals surface area contributed by atoms with Crippen molar-refractivity contribution in [1.82, 2.24) is 4.98 Å². The van der Waals surface area contributed by atoms with Crippen LogP contribution >= 0.6 is 15.9 Å². The van der Waals surface area contributed by atoms with Gasteiger partial charge in [-0.15, -0.1) is 0 Å². The number of ether oxygens (including phenoxy) is 3. The van der Waals surface area contributed by atoms with E-state index in [-0.39, 0.29) is 5.88 Å². The van der Waals surface area contributed by atoms with Gasteiger partial charge in [0, 0.05) is 18.0 Å². The monoisotopic (exact) mass is 466 g/mol. The lowest BCUT2D eigenvalue weighted by Gasteiger charge is -2.28. The summed E-state index contributed by atoms with van der Waals surface area (Å²) in [6.07, 6.45) is 0. The van der Waals surface area contributed by atoms with Crippen LogP contribution in [0.15, 0.2) is 52.3 Å². The molecule has 8 heteroatoms. The molecule has 3 aromatic rings. The average Bonchev–Trinajstić information content (AvgIpc) is 2.77. The second-order valence-corrected chi connectivity index (χ2v) is 7.52. The number of allylic oxidation sites excluding steroid dienone is 1. The van der Waals surface area contributed by atoms with Gasteiger partial charge < -0.3 is 25.3 Å². The van der Waals surface area contributed by atoms with Crippen LogP contribution in [0.5, 0.6) is 17.2 Å². The minimum absolute atomic E-state index is 0.0602. The average molecular weight is 467 g/mol. The number of anilines is 1. The van der Waals surface area contributed by atoms with Crippen LogP contribution in [0.25, 0.3) is 10.9 Å². The van der Waals surface area contributed by atoms with E-state index >= 15 is 0 Å². The second kappa shape index (κ2) is 7.76. The summed E-state index contributed by atoms with van der Waals surface area (Å²) in [6.45, 7) is 0. The SMILES string of the molecule is CNc1ccc2ccc3c(c2n1)OC(N)=C(C#N)C3c1cc(Br)c(OC)c(OC)c1. The van der Waals surface area contributed by atoms with Gasteiger partial charge in [-0.2, -0.15) is 5.26 Å². The maximum Gasteiger partial charge on any atom is 0.205 e. The number of benzene rings is 2. The van der Waals surface area contributed by atoms with Crippen LogP contribution in [-0.2, 0) is 0 Å². The van der Waals surface area contributed by atoms with Gasteiger partial charge in [0.1, 0.15) is 23.0 Å². The molecule has 30 heavy (non-hydrogen) atoms. The van der Waals surface area contributed by atoms with Gasteiger partial charge in [-0.05, 0) is 45.8 Å². The number of nitrogens with two attached hydrogens (primary N) is 1. The molecular weight excluding hydrogens is 448 g/mol. The number of hydrogen-bond acceptors (Lipinski definition) is 7. The van der Waals surface area contributed by atoms with Crippen molar-refractivity contribution in [2.75, 3.05) is 26.6 Å². The molecule has 3 N–H and O–H groups in total. The van der Waals surface area contributed by atoms with Crippen LogP contribution in [0.2, 0.25) is 0 Å². The predicted octanol–water partition coefficient (Wildman–Crippen LogP) is 4.27. The van der Waals surface area contributed by atoms with Crippen molar-refractivity contribution in [3.8, 4) is 23.3 Å². The predicted molar refractivity (Wildman–Crippen MR) is 118 cm³/mol. The van der Waals surface area contributed by atoms with Crippen LogP contribution in [0.1, 0.15) is 17.0 Å². The Morgan fingerprint density at radius 2 is 1.97 bits per heavy atom. The van der Waals surface area contributed by atoms with Gasteiger partial charge in [0.2, 0.25) is 5.88 Å². The van der Waals surface area contributed by atoms with E-state index in [4.69, 9.17) is 19.9 Å². The zero-order valence-corrected chi connectivity index (χ0v) is 18.2. The Morgan fingerprint density at radius 1 is 1.20 bits per heavy atom. The highest BCUT2D eigenvalue weighted by atomic mass is 79.9. The molecule has 1 aliphatic heterocycles. The van der Waals surface area contributed by atoms with E-state index in [0.29, 0.717) is 38.6 Å². The lowest BCUT2D eigenvalue weighted by atomic mass is 9.83. The van der Waals surface area contributed by atoms with Crippen molar-refractivity contribution in [3.05, 3.63) is 63.5 Å². The molecule has 2 aromatic carbocycles. The van der Waals surface area contributed by atoms with E-state index in [9.17, 15) is 5.26 Å². The van der Waals surface area contributed by atoms with E-state index in [0.717, 1.165) is 16.5 Å². The summed E-state index contributed by atoms with van der Waals surface area (Å²) in [5, 5.41) is 13.8. The summed E-state index contributed by atoms with van der Waals surface area (Å²) in [4.78, 5) is 4.65. The maximum absolute atomic E-state index is 9.85. The van der Waals surface area contributed by atoms with Crippen molar-refractivity contribution in [1.29, 1.82) is 5.26 Å². The molecule has 2 heterocycles. The molecule has 4 rings (SSSR count). The molecule has 0 amide bonds. The zero-order chi connectivity index (χ0) is 21.4. The lowest BCUT2D eigenvalue weighted by Crippen LogP contribution is -2.21. The third-order valence-electron chi connectivity index (χ3n) is 5.09.